The fraction of sp³-hybridized carbons (Fsp3) is 0.778. The third kappa shape index (κ3) is 3.13. The molecule has 1 N–H and O–H groups in total. The lowest BCUT2D eigenvalue weighted by Crippen LogP contribution is -2.35. The number of likely N-dealkylation sites (tertiary alicyclic amines) is 1. The highest BCUT2D eigenvalue weighted by Crippen LogP contribution is 2.17. The average molecular weight is 190 g/mol. The number of hydrogen-bond acceptors (Lipinski definition) is 2. The molecule has 0 bridgehead atoms. The third-order valence-corrected chi connectivity index (χ3v) is 2.48. The van der Waals surface area contributed by atoms with E-state index in [1.54, 1.807) is 0 Å². The van der Waals surface area contributed by atoms with Gasteiger partial charge in [-0.2, -0.15) is 0 Å². The van der Waals surface area contributed by atoms with Crippen molar-refractivity contribution >= 4 is 11.6 Å². The van der Waals surface area contributed by atoms with E-state index < -0.39 is 0 Å². The SMILES string of the molecule is C=C(Cl)CN1CCC(CO)CC1. The summed E-state index contributed by atoms with van der Waals surface area (Å²) in [7, 11) is 0. The van der Waals surface area contributed by atoms with Crippen molar-refractivity contribution in [2.24, 2.45) is 5.92 Å². The lowest BCUT2D eigenvalue weighted by molar-refractivity contribution is 0.139. The van der Waals surface area contributed by atoms with Crippen molar-refractivity contribution in [1.82, 2.24) is 4.90 Å². The monoisotopic (exact) mass is 189 g/mol. The first-order valence-corrected chi connectivity index (χ1v) is 4.76. The molecule has 1 aliphatic rings. The molecule has 0 radical (unpaired) electrons. The quantitative estimate of drug-likeness (QED) is 0.727. The fourth-order valence-electron chi connectivity index (χ4n) is 1.57. The van der Waals surface area contributed by atoms with Gasteiger partial charge in [-0.3, -0.25) is 4.90 Å². The molecule has 0 amide bonds. The van der Waals surface area contributed by atoms with Crippen molar-refractivity contribution in [2.75, 3.05) is 26.2 Å². The summed E-state index contributed by atoms with van der Waals surface area (Å²) in [6, 6.07) is 0. The summed E-state index contributed by atoms with van der Waals surface area (Å²) in [6.07, 6.45) is 2.17. The van der Waals surface area contributed by atoms with Gasteiger partial charge in [0.2, 0.25) is 0 Å². The summed E-state index contributed by atoms with van der Waals surface area (Å²) in [5, 5.41) is 9.60. The Balaban J connectivity index is 2.21. The molecule has 1 heterocycles. The summed E-state index contributed by atoms with van der Waals surface area (Å²) < 4.78 is 0. The zero-order chi connectivity index (χ0) is 8.97. The summed E-state index contributed by atoms with van der Waals surface area (Å²) in [6.45, 7) is 6.86. The van der Waals surface area contributed by atoms with E-state index in [1.807, 2.05) is 0 Å². The van der Waals surface area contributed by atoms with E-state index in [9.17, 15) is 0 Å². The minimum atomic E-state index is 0.329. The summed E-state index contributed by atoms with van der Waals surface area (Å²) in [5.74, 6) is 0.504. The van der Waals surface area contributed by atoms with Crippen molar-refractivity contribution < 1.29 is 5.11 Å². The molecule has 0 aromatic carbocycles. The van der Waals surface area contributed by atoms with Gasteiger partial charge in [0.25, 0.3) is 0 Å². The first-order chi connectivity index (χ1) is 5.72. The largest absolute Gasteiger partial charge is 0.396 e. The van der Waals surface area contributed by atoms with E-state index in [0.717, 1.165) is 32.5 Å². The third-order valence-electron chi connectivity index (χ3n) is 2.36. The zero-order valence-electron chi connectivity index (χ0n) is 7.30. The van der Waals surface area contributed by atoms with Gasteiger partial charge in [0.1, 0.15) is 0 Å². The molecule has 12 heavy (non-hydrogen) atoms. The Labute approximate surface area is 78.8 Å². The lowest BCUT2D eigenvalue weighted by Gasteiger charge is -2.30. The van der Waals surface area contributed by atoms with E-state index in [4.69, 9.17) is 16.7 Å². The van der Waals surface area contributed by atoms with Gasteiger partial charge < -0.3 is 5.11 Å². The van der Waals surface area contributed by atoms with Crippen LogP contribution in [0.3, 0.4) is 0 Å². The average Bonchev–Trinajstić information content (AvgIpc) is 2.05. The van der Waals surface area contributed by atoms with E-state index in [1.165, 1.54) is 0 Å². The highest BCUT2D eigenvalue weighted by Gasteiger charge is 2.17. The van der Waals surface area contributed by atoms with Crippen LogP contribution in [-0.2, 0) is 0 Å². The molecule has 0 aromatic heterocycles. The van der Waals surface area contributed by atoms with Gasteiger partial charge in [0.05, 0.1) is 0 Å². The fourth-order valence-corrected chi connectivity index (χ4v) is 1.74. The molecule has 70 valence electrons. The van der Waals surface area contributed by atoms with Crippen molar-refractivity contribution in [3.05, 3.63) is 11.6 Å². The van der Waals surface area contributed by atoms with Gasteiger partial charge in [-0.1, -0.05) is 18.2 Å². The number of nitrogens with zero attached hydrogens (tertiary/aromatic N) is 1. The van der Waals surface area contributed by atoms with Crippen LogP contribution in [0.1, 0.15) is 12.8 Å². The highest BCUT2D eigenvalue weighted by atomic mass is 35.5. The molecule has 0 unspecified atom stereocenters. The molecule has 1 rings (SSSR count). The predicted molar refractivity (Wildman–Crippen MR) is 51.2 cm³/mol. The second-order valence-electron chi connectivity index (χ2n) is 3.42. The van der Waals surface area contributed by atoms with Crippen LogP contribution < -0.4 is 0 Å². The van der Waals surface area contributed by atoms with Gasteiger partial charge in [-0.25, -0.2) is 0 Å². The summed E-state index contributed by atoms with van der Waals surface area (Å²) >= 11 is 5.70. The molecule has 1 saturated heterocycles. The minimum absolute atomic E-state index is 0.329. The van der Waals surface area contributed by atoms with E-state index in [2.05, 4.69) is 11.5 Å². The van der Waals surface area contributed by atoms with E-state index in [0.29, 0.717) is 17.6 Å². The normalized spacial score (nSPS) is 21.2. The smallest absolute Gasteiger partial charge is 0.0460 e. The van der Waals surface area contributed by atoms with Crippen LogP contribution in [0.2, 0.25) is 0 Å². The molecule has 0 aliphatic carbocycles. The van der Waals surface area contributed by atoms with Gasteiger partial charge in [-0.15, -0.1) is 0 Å². The highest BCUT2D eigenvalue weighted by molar-refractivity contribution is 6.29. The Hall–Kier alpha value is -0.0500. The van der Waals surface area contributed by atoms with E-state index >= 15 is 0 Å². The number of piperidine rings is 1. The second kappa shape index (κ2) is 4.85. The standard InChI is InChI=1S/C9H16ClNO/c1-8(10)6-11-4-2-9(7-12)3-5-11/h9,12H,1-7H2. The first-order valence-electron chi connectivity index (χ1n) is 4.39. The van der Waals surface area contributed by atoms with Gasteiger partial charge >= 0.3 is 0 Å². The van der Waals surface area contributed by atoms with Crippen molar-refractivity contribution in [1.29, 1.82) is 0 Å². The molecule has 3 heteroatoms. The zero-order valence-corrected chi connectivity index (χ0v) is 8.06. The van der Waals surface area contributed by atoms with Crippen LogP contribution in [0.15, 0.2) is 11.6 Å². The molecule has 0 atom stereocenters. The van der Waals surface area contributed by atoms with Crippen molar-refractivity contribution in [2.45, 2.75) is 12.8 Å². The van der Waals surface area contributed by atoms with Crippen LogP contribution in [0.5, 0.6) is 0 Å². The molecule has 0 saturated carbocycles. The molecule has 1 aliphatic heterocycles. The number of aliphatic hydroxyl groups is 1. The van der Waals surface area contributed by atoms with Crippen LogP contribution in [0, 0.1) is 5.92 Å². The summed E-state index contributed by atoms with van der Waals surface area (Å²) in [5.41, 5.74) is 0. The number of aliphatic hydroxyl groups excluding tert-OH is 1. The van der Waals surface area contributed by atoms with Gasteiger partial charge in [0.15, 0.2) is 0 Å². The van der Waals surface area contributed by atoms with Crippen molar-refractivity contribution in [3.63, 3.8) is 0 Å². The van der Waals surface area contributed by atoms with Gasteiger partial charge in [0, 0.05) is 18.2 Å². The molecule has 0 aromatic rings. The van der Waals surface area contributed by atoms with Crippen LogP contribution in [0.25, 0.3) is 0 Å². The number of hydrogen-bond donors (Lipinski definition) is 1. The Bertz CT molecular complexity index is 153. The Morgan fingerprint density at radius 3 is 2.50 bits per heavy atom. The van der Waals surface area contributed by atoms with Crippen LogP contribution in [0.4, 0.5) is 0 Å². The Kier molecular flexibility index (Phi) is 4.06. The Morgan fingerprint density at radius 2 is 2.08 bits per heavy atom. The minimum Gasteiger partial charge on any atom is -0.396 e. The lowest BCUT2D eigenvalue weighted by atomic mass is 9.98. The molecular weight excluding hydrogens is 174 g/mol. The maximum atomic E-state index is 8.90. The van der Waals surface area contributed by atoms with E-state index in [-0.39, 0.29) is 0 Å². The van der Waals surface area contributed by atoms with Crippen LogP contribution >= 0.6 is 11.6 Å². The van der Waals surface area contributed by atoms with Crippen molar-refractivity contribution in [3.8, 4) is 0 Å². The maximum Gasteiger partial charge on any atom is 0.0460 e. The topological polar surface area (TPSA) is 23.5 Å². The number of halogens is 1. The van der Waals surface area contributed by atoms with Gasteiger partial charge in [-0.05, 0) is 31.8 Å². The molecule has 0 spiro atoms. The first kappa shape index (κ1) is 10.0. The van der Waals surface area contributed by atoms with Crippen LogP contribution in [-0.4, -0.2) is 36.2 Å². The molecule has 1 fully saturated rings. The number of rotatable bonds is 3. The predicted octanol–water partition coefficient (Wildman–Crippen LogP) is 1.44. The summed E-state index contributed by atoms with van der Waals surface area (Å²) in [4.78, 5) is 2.28. The Morgan fingerprint density at radius 1 is 1.50 bits per heavy atom. The molecular formula is C9H16ClNO. The second-order valence-corrected chi connectivity index (χ2v) is 3.95. The maximum absolute atomic E-state index is 8.90. The molecule has 2 nitrogen and oxygen atoms in total.